The molecule has 26 heavy (non-hydrogen) atoms. The average molecular weight is 350 g/mol. The van der Waals surface area contributed by atoms with E-state index in [0.717, 1.165) is 17.3 Å². The first-order valence-corrected chi connectivity index (χ1v) is 7.73. The van der Waals surface area contributed by atoms with E-state index in [2.05, 4.69) is 9.97 Å². The van der Waals surface area contributed by atoms with Crippen molar-refractivity contribution in [3.8, 4) is 16.8 Å². The van der Waals surface area contributed by atoms with E-state index in [0.29, 0.717) is 16.6 Å². The van der Waals surface area contributed by atoms with Crippen LogP contribution in [0.25, 0.3) is 27.8 Å². The molecule has 0 aliphatic heterocycles. The van der Waals surface area contributed by atoms with Gasteiger partial charge in [-0.05, 0) is 48.0 Å². The van der Waals surface area contributed by atoms with Crippen molar-refractivity contribution in [2.24, 2.45) is 5.73 Å². The fourth-order valence-corrected chi connectivity index (χ4v) is 2.82. The first-order valence-electron chi connectivity index (χ1n) is 7.73. The molecule has 0 saturated carbocycles. The molecule has 0 saturated heterocycles. The predicted octanol–water partition coefficient (Wildman–Crippen LogP) is 3.46. The second-order valence-electron chi connectivity index (χ2n) is 5.70. The number of hydrogen-bond acceptors (Lipinski definition) is 3. The number of carbonyl (C=O) groups excluding carboxylic acids is 1. The highest BCUT2D eigenvalue weighted by Crippen LogP contribution is 2.26. The molecule has 0 fully saturated rings. The molecule has 0 spiro atoms. The lowest BCUT2D eigenvalue weighted by Gasteiger charge is -2.08. The number of nitrogens with zero attached hydrogens (tertiary/aromatic N) is 3. The Kier molecular flexibility index (Phi) is 3.69. The predicted molar refractivity (Wildman–Crippen MR) is 92.7 cm³/mol. The third-order valence-corrected chi connectivity index (χ3v) is 4.08. The van der Waals surface area contributed by atoms with Gasteiger partial charge >= 0.3 is 0 Å². The molecule has 2 heterocycles. The summed E-state index contributed by atoms with van der Waals surface area (Å²) in [7, 11) is 0. The minimum Gasteiger partial charge on any atom is -0.366 e. The number of amides is 1. The van der Waals surface area contributed by atoms with Crippen molar-refractivity contribution >= 4 is 16.9 Å². The highest BCUT2D eigenvalue weighted by atomic mass is 19.1. The van der Waals surface area contributed by atoms with Crippen molar-refractivity contribution in [2.45, 2.75) is 0 Å². The lowest BCUT2D eigenvalue weighted by molar-refractivity contribution is 0.100. The highest BCUT2D eigenvalue weighted by molar-refractivity contribution is 5.96. The van der Waals surface area contributed by atoms with Crippen molar-refractivity contribution in [1.82, 2.24) is 14.5 Å². The standard InChI is InChI=1S/C19H12F2N4O/c20-17-7-5-14(18(21)24-17)11-2-1-3-13(8-11)25-10-23-15-9-12(19(22)26)4-6-16(15)25/h1-10H,(H2,22,26). The van der Waals surface area contributed by atoms with Crippen LogP contribution in [0.4, 0.5) is 8.78 Å². The van der Waals surface area contributed by atoms with Crippen molar-refractivity contribution in [1.29, 1.82) is 0 Å². The average Bonchev–Trinajstić information content (AvgIpc) is 3.05. The van der Waals surface area contributed by atoms with Crippen LogP contribution in [-0.2, 0) is 0 Å². The lowest BCUT2D eigenvalue weighted by atomic mass is 10.1. The number of hydrogen-bond donors (Lipinski definition) is 1. The molecule has 4 rings (SSSR count). The van der Waals surface area contributed by atoms with Crippen LogP contribution in [0.15, 0.2) is 60.9 Å². The minimum atomic E-state index is -0.872. The van der Waals surface area contributed by atoms with Crippen LogP contribution in [0, 0.1) is 11.9 Å². The maximum absolute atomic E-state index is 14.0. The molecule has 2 aromatic carbocycles. The number of halogens is 2. The number of benzene rings is 2. The molecule has 0 aliphatic carbocycles. The Labute approximate surface area is 146 Å². The summed E-state index contributed by atoms with van der Waals surface area (Å²) in [6.45, 7) is 0. The molecule has 5 nitrogen and oxygen atoms in total. The van der Waals surface area contributed by atoms with Gasteiger partial charge in [0.1, 0.15) is 6.33 Å². The summed E-state index contributed by atoms with van der Waals surface area (Å²) in [5.41, 5.74) is 8.54. The maximum atomic E-state index is 14.0. The van der Waals surface area contributed by atoms with Gasteiger partial charge in [-0.15, -0.1) is 0 Å². The monoisotopic (exact) mass is 350 g/mol. The molecule has 0 aliphatic rings. The Hall–Kier alpha value is -3.61. The van der Waals surface area contributed by atoms with Crippen LogP contribution < -0.4 is 5.73 Å². The number of imidazole rings is 1. The number of carbonyl (C=O) groups is 1. The van der Waals surface area contributed by atoms with Crippen molar-refractivity contribution in [2.75, 3.05) is 0 Å². The van der Waals surface area contributed by atoms with E-state index < -0.39 is 17.8 Å². The summed E-state index contributed by atoms with van der Waals surface area (Å²) < 4.78 is 28.8. The number of aromatic nitrogens is 3. The van der Waals surface area contributed by atoms with Gasteiger partial charge in [0.25, 0.3) is 0 Å². The Bertz CT molecular complexity index is 1150. The van der Waals surface area contributed by atoms with Gasteiger partial charge in [0.15, 0.2) is 0 Å². The van der Waals surface area contributed by atoms with E-state index in [1.165, 1.54) is 6.07 Å². The van der Waals surface area contributed by atoms with Gasteiger partial charge < -0.3 is 5.73 Å². The second kappa shape index (κ2) is 6.03. The largest absolute Gasteiger partial charge is 0.366 e. The lowest BCUT2D eigenvalue weighted by Crippen LogP contribution is -2.10. The van der Waals surface area contributed by atoms with Gasteiger partial charge in [0.05, 0.1) is 11.0 Å². The molecule has 0 bridgehead atoms. The number of primary amides is 1. The Balaban J connectivity index is 1.82. The second-order valence-corrected chi connectivity index (χ2v) is 5.70. The first-order chi connectivity index (χ1) is 12.5. The summed E-state index contributed by atoms with van der Waals surface area (Å²) in [6, 6.07) is 14.5. The van der Waals surface area contributed by atoms with E-state index in [1.54, 1.807) is 47.3 Å². The fourth-order valence-electron chi connectivity index (χ4n) is 2.82. The normalized spacial score (nSPS) is 11.0. The third-order valence-electron chi connectivity index (χ3n) is 4.08. The molecule has 0 atom stereocenters. The zero-order valence-electron chi connectivity index (χ0n) is 13.4. The number of nitrogens with two attached hydrogens (primary N) is 1. The van der Waals surface area contributed by atoms with E-state index >= 15 is 0 Å². The summed E-state index contributed by atoms with van der Waals surface area (Å²) in [5, 5.41) is 0. The van der Waals surface area contributed by atoms with Crippen molar-refractivity contribution < 1.29 is 13.6 Å². The van der Waals surface area contributed by atoms with Gasteiger partial charge in [-0.3, -0.25) is 9.36 Å². The van der Waals surface area contributed by atoms with E-state index in [4.69, 9.17) is 5.73 Å². The van der Waals surface area contributed by atoms with E-state index in [-0.39, 0.29) is 5.56 Å². The van der Waals surface area contributed by atoms with Crippen LogP contribution in [0.2, 0.25) is 0 Å². The number of rotatable bonds is 3. The minimum absolute atomic E-state index is 0.202. The quantitative estimate of drug-likeness (QED) is 0.575. The summed E-state index contributed by atoms with van der Waals surface area (Å²) >= 11 is 0. The number of fused-ring (bicyclic) bond motifs is 1. The zero-order chi connectivity index (χ0) is 18.3. The van der Waals surface area contributed by atoms with E-state index in [9.17, 15) is 13.6 Å². The SMILES string of the molecule is NC(=O)c1ccc2c(c1)ncn2-c1cccc(-c2ccc(F)nc2F)c1. The van der Waals surface area contributed by atoms with Gasteiger partial charge in [-0.25, -0.2) is 4.98 Å². The topological polar surface area (TPSA) is 73.8 Å². The van der Waals surface area contributed by atoms with Crippen molar-refractivity contribution in [3.63, 3.8) is 0 Å². The molecule has 4 aromatic rings. The Morgan fingerprint density at radius 2 is 1.88 bits per heavy atom. The summed E-state index contributed by atoms with van der Waals surface area (Å²) in [5.74, 6) is -2.26. The van der Waals surface area contributed by atoms with Crippen LogP contribution in [-0.4, -0.2) is 20.4 Å². The number of pyridine rings is 1. The van der Waals surface area contributed by atoms with E-state index in [1.807, 2.05) is 6.07 Å². The molecular formula is C19H12F2N4O. The van der Waals surface area contributed by atoms with Gasteiger partial charge in [0, 0.05) is 16.8 Å². The van der Waals surface area contributed by atoms with Gasteiger partial charge in [-0.2, -0.15) is 13.8 Å². The van der Waals surface area contributed by atoms with Crippen LogP contribution >= 0.6 is 0 Å². The fraction of sp³-hybridized carbons (Fsp3) is 0. The molecule has 1 amide bonds. The molecule has 0 unspecified atom stereocenters. The van der Waals surface area contributed by atoms with Crippen LogP contribution in [0.1, 0.15) is 10.4 Å². The first kappa shape index (κ1) is 15.9. The Morgan fingerprint density at radius 1 is 1.04 bits per heavy atom. The summed E-state index contributed by atoms with van der Waals surface area (Å²) in [4.78, 5) is 18.8. The molecule has 2 aromatic heterocycles. The highest BCUT2D eigenvalue weighted by Gasteiger charge is 2.11. The molecule has 2 N–H and O–H groups in total. The zero-order valence-corrected chi connectivity index (χ0v) is 13.4. The molecule has 0 radical (unpaired) electrons. The molecular weight excluding hydrogens is 338 g/mol. The summed E-state index contributed by atoms with van der Waals surface area (Å²) in [6.07, 6.45) is 1.60. The third kappa shape index (κ3) is 2.69. The van der Waals surface area contributed by atoms with Gasteiger partial charge in [-0.1, -0.05) is 12.1 Å². The van der Waals surface area contributed by atoms with Crippen LogP contribution in [0.5, 0.6) is 0 Å². The Morgan fingerprint density at radius 3 is 2.65 bits per heavy atom. The smallest absolute Gasteiger partial charge is 0.248 e. The maximum Gasteiger partial charge on any atom is 0.248 e. The van der Waals surface area contributed by atoms with Crippen LogP contribution in [0.3, 0.4) is 0 Å². The molecule has 7 heteroatoms. The molecule has 128 valence electrons. The van der Waals surface area contributed by atoms with Gasteiger partial charge in [0.2, 0.25) is 17.8 Å². The van der Waals surface area contributed by atoms with Crippen molar-refractivity contribution in [3.05, 3.63) is 78.4 Å².